The van der Waals surface area contributed by atoms with Gasteiger partial charge in [0.1, 0.15) is 12.4 Å². The number of rotatable bonds is 6. The summed E-state index contributed by atoms with van der Waals surface area (Å²) in [7, 11) is 0. The van der Waals surface area contributed by atoms with Gasteiger partial charge in [0.2, 0.25) is 0 Å². The number of aliphatic hydroxyl groups is 1. The smallest absolute Gasteiger partial charge is 0.306 e. The van der Waals surface area contributed by atoms with Crippen LogP contribution in [0.1, 0.15) is 5.56 Å². The fourth-order valence-corrected chi connectivity index (χ4v) is 2.24. The number of hydrogen-bond donors (Lipinski definition) is 2. The van der Waals surface area contributed by atoms with Crippen molar-refractivity contribution in [1.29, 1.82) is 0 Å². The van der Waals surface area contributed by atoms with Crippen LogP contribution in [0, 0.1) is 17.0 Å². The van der Waals surface area contributed by atoms with E-state index in [0.29, 0.717) is 6.54 Å². The second-order valence-electron chi connectivity index (χ2n) is 4.65. The van der Waals surface area contributed by atoms with Crippen LogP contribution >= 0.6 is 15.9 Å². The van der Waals surface area contributed by atoms with Gasteiger partial charge in [0, 0.05) is 16.7 Å². The highest BCUT2D eigenvalue weighted by Gasteiger charge is 2.12. The maximum absolute atomic E-state index is 10.6. The number of benzene rings is 1. The average molecular weight is 355 g/mol. The predicted octanol–water partition coefficient (Wildman–Crippen LogP) is 2.34. The first-order valence-electron chi connectivity index (χ1n) is 6.31. The highest BCUT2D eigenvalue weighted by molar-refractivity contribution is 9.10. The van der Waals surface area contributed by atoms with Crippen LogP contribution < -0.4 is 5.32 Å². The lowest BCUT2D eigenvalue weighted by Crippen LogP contribution is -2.25. The lowest BCUT2D eigenvalue weighted by molar-refractivity contribution is -0.385. The van der Waals surface area contributed by atoms with Crippen LogP contribution in [-0.4, -0.2) is 32.5 Å². The van der Waals surface area contributed by atoms with Crippen molar-refractivity contribution in [3.63, 3.8) is 0 Å². The van der Waals surface area contributed by atoms with Gasteiger partial charge in [-0.3, -0.25) is 14.8 Å². The minimum atomic E-state index is -0.711. The number of nitrogens with zero attached hydrogens (tertiary/aromatic N) is 3. The number of aromatic nitrogens is 2. The van der Waals surface area contributed by atoms with E-state index in [1.54, 1.807) is 0 Å². The number of nitrogens with one attached hydrogen (secondary N) is 1. The van der Waals surface area contributed by atoms with Crippen LogP contribution in [0.2, 0.25) is 0 Å². The molecule has 0 aliphatic heterocycles. The fraction of sp³-hybridized carbons (Fsp3) is 0.308. The lowest BCUT2D eigenvalue weighted by atomic mass is 10.2. The molecule has 2 rings (SSSR count). The van der Waals surface area contributed by atoms with Crippen LogP contribution in [0.4, 0.5) is 11.4 Å². The van der Waals surface area contributed by atoms with Gasteiger partial charge in [0.15, 0.2) is 0 Å². The van der Waals surface area contributed by atoms with Gasteiger partial charge in [-0.15, -0.1) is 0 Å². The highest BCUT2D eigenvalue weighted by Crippen LogP contribution is 2.25. The largest absolute Gasteiger partial charge is 0.389 e. The van der Waals surface area contributed by atoms with Crippen LogP contribution in [0.25, 0.3) is 0 Å². The topological polar surface area (TPSA) is 93.2 Å². The Balaban J connectivity index is 1.91. The molecule has 0 amide bonds. The molecule has 0 aliphatic carbocycles. The molecule has 21 heavy (non-hydrogen) atoms. The van der Waals surface area contributed by atoms with Crippen molar-refractivity contribution in [2.45, 2.75) is 19.6 Å². The van der Waals surface area contributed by atoms with Crippen LogP contribution in [0.5, 0.6) is 0 Å². The molecule has 1 aromatic heterocycles. The van der Waals surface area contributed by atoms with E-state index in [0.717, 1.165) is 21.9 Å². The van der Waals surface area contributed by atoms with Gasteiger partial charge in [-0.1, -0.05) is 12.1 Å². The van der Waals surface area contributed by atoms with Crippen molar-refractivity contribution in [2.75, 3.05) is 11.9 Å². The molecule has 0 bridgehead atoms. The van der Waals surface area contributed by atoms with Crippen LogP contribution in [0.3, 0.4) is 0 Å². The molecule has 8 heteroatoms. The Labute approximate surface area is 129 Å². The summed E-state index contributed by atoms with van der Waals surface area (Å²) in [5.41, 5.74) is 1.90. The summed E-state index contributed by atoms with van der Waals surface area (Å²) in [6.45, 7) is 2.48. The van der Waals surface area contributed by atoms with E-state index in [-0.39, 0.29) is 12.2 Å². The molecule has 0 spiro atoms. The van der Waals surface area contributed by atoms with Gasteiger partial charge in [-0.2, -0.15) is 5.10 Å². The monoisotopic (exact) mass is 354 g/mol. The Kier molecular flexibility index (Phi) is 4.92. The number of aryl methyl sites for hydroxylation is 1. The SMILES string of the molecule is Cc1cccc(NCC(O)Cn2cc([N+](=O)[O-])cn2)c1Br. The molecule has 1 atom stereocenters. The zero-order chi connectivity index (χ0) is 15.4. The van der Waals surface area contributed by atoms with Crippen molar-refractivity contribution in [3.8, 4) is 0 Å². The summed E-state index contributed by atoms with van der Waals surface area (Å²) in [4.78, 5) is 10.0. The van der Waals surface area contributed by atoms with Gasteiger partial charge in [-0.25, -0.2) is 0 Å². The molecule has 1 unspecified atom stereocenters. The van der Waals surface area contributed by atoms with Crippen LogP contribution in [0.15, 0.2) is 35.1 Å². The second kappa shape index (κ2) is 6.68. The standard InChI is InChI=1S/C13H15BrN4O3/c1-9-3-2-4-12(13(9)14)15-6-11(19)8-17-7-10(5-16-17)18(20)21/h2-5,7,11,15,19H,6,8H2,1H3. The molecule has 1 aromatic carbocycles. The molecule has 2 N–H and O–H groups in total. The lowest BCUT2D eigenvalue weighted by Gasteiger charge is -2.14. The van der Waals surface area contributed by atoms with Gasteiger partial charge < -0.3 is 10.4 Å². The maximum atomic E-state index is 10.6. The molecule has 0 saturated heterocycles. The molecule has 7 nitrogen and oxygen atoms in total. The molecule has 0 aliphatic rings. The third kappa shape index (κ3) is 4.02. The molecule has 2 aromatic rings. The first-order chi connectivity index (χ1) is 9.97. The molecule has 0 fully saturated rings. The molecule has 0 radical (unpaired) electrons. The van der Waals surface area contributed by atoms with Gasteiger partial charge in [0.05, 0.1) is 17.6 Å². The number of aliphatic hydroxyl groups excluding tert-OH is 1. The quantitative estimate of drug-likeness (QED) is 0.613. The van der Waals surface area contributed by atoms with Crippen LogP contribution in [-0.2, 0) is 6.54 Å². The summed E-state index contributed by atoms with van der Waals surface area (Å²) in [6.07, 6.45) is 1.75. The van der Waals surface area contributed by atoms with E-state index in [1.165, 1.54) is 10.9 Å². The minimum absolute atomic E-state index is 0.0865. The minimum Gasteiger partial charge on any atom is -0.389 e. The first kappa shape index (κ1) is 15.5. The Hall–Kier alpha value is -1.93. The van der Waals surface area contributed by atoms with E-state index < -0.39 is 11.0 Å². The molecule has 1 heterocycles. The Morgan fingerprint density at radius 2 is 2.33 bits per heavy atom. The summed E-state index contributed by atoms with van der Waals surface area (Å²) < 4.78 is 2.31. The maximum Gasteiger partial charge on any atom is 0.306 e. The van der Waals surface area contributed by atoms with E-state index in [9.17, 15) is 15.2 Å². The number of hydrogen-bond acceptors (Lipinski definition) is 5. The third-order valence-electron chi connectivity index (χ3n) is 2.95. The zero-order valence-corrected chi connectivity index (χ0v) is 12.9. The van der Waals surface area contributed by atoms with Gasteiger partial charge >= 0.3 is 5.69 Å². The van der Waals surface area contributed by atoms with Gasteiger partial charge in [-0.05, 0) is 34.5 Å². The van der Waals surface area contributed by atoms with E-state index >= 15 is 0 Å². The van der Waals surface area contributed by atoms with E-state index in [2.05, 4.69) is 26.3 Å². The summed E-state index contributed by atoms with van der Waals surface area (Å²) in [6, 6.07) is 5.81. The number of halogens is 1. The Morgan fingerprint density at radius 3 is 3.00 bits per heavy atom. The molecule has 0 saturated carbocycles. The van der Waals surface area contributed by atoms with Crippen molar-refractivity contribution < 1.29 is 10.0 Å². The summed E-state index contributed by atoms with van der Waals surface area (Å²) in [5, 5.41) is 27.5. The average Bonchev–Trinajstić information content (AvgIpc) is 2.89. The fourth-order valence-electron chi connectivity index (χ4n) is 1.84. The van der Waals surface area contributed by atoms with Crippen molar-refractivity contribution >= 4 is 27.3 Å². The first-order valence-corrected chi connectivity index (χ1v) is 7.10. The second-order valence-corrected chi connectivity index (χ2v) is 5.44. The molecular formula is C13H15BrN4O3. The van der Waals surface area contributed by atoms with Gasteiger partial charge in [0.25, 0.3) is 0 Å². The predicted molar refractivity (Wildman–Crippen MR) is 82.3 cm³/mol. The molecular weight excluding hydrogens is 340 g/mol. The highest BCUT2D eigenvalue weighted by atomic mass is 79.9. The Morgan fingerprint density at radius 1 is 1.57 bits per heavy atom. The normalized spacial score (nSPS) is 12.1. The summed E-state index contributed by atoms with van der Waals surface area (Å²) in [5.74, 6) is 0. The zero-order valence-electron chi connectivity index (χ0n) is 11.4. The number of nitro groups is 1. The van der Waals surface area contributed by atoms with Crippen molar-refractivity contribution in [2.24, 2.45) is 0 Å². The van der Waals surface area contributed by atoms with E-state index in [1.807, 2.05) is 25.1 Å². The van der Waals surface area contributed by atoms with Crippen molar-refractivity contribution in [1.82, 2.24) is 9.78 Å². The molecule has 112 valence electrons. The van der Waals surface area contributed by atoms with E-state index in [4.69, 9.17) is 0 Å². The summed E-state index contributed by atoms with van der Waals surface area (Å²) >= 11 is 3.48. The van der Waals surface area contributed by atoms with Crippen molar-refractivity contribution in [3.05, 3.63) is 50.7 Å². The third-order valence-corrected chi connectivity index (χ3v) is 4.00. The number of anilines is 1. The Bertz CT molecular complexity index is 644.